The summed E-state index contributed by atoms with van der Waals surface area (Å²) in [5.74, 6) is 0. The zero-order valence-corrected chi connectivity index (χ0v) is 14.4. The van der Waals surface area contributed by atoms with E-state index < -0.39 is 0 Å². The van der Waals surface area contributed by atoms with Gasteiger partial charge in [-0.15, -0.1) is 0 Å². The van der Waals surface area contributed by atoms with E-state index in [1.165, 1.54) is 34.0 Å². The first-order valence-electron chi connectivity index (χ1n) is 8.40. The summed E-state index contributed by atoms with van der Waals surface area (Å²) in [6.45, 7) is 4.23. The molecule has 0 N–H and O–H groups in total. The third kappa shape index (κ3) is 3.83. The molecule has 0 atom stereocenters. The van der Waals surface area contributed by atoms with E-state index in [1.807, 2.05) is 0 Å². The first kappa shape index (κ1) is 15.8. The lowest BCUT2D eigenvalue weighted by atomic mass is 10.1. The molecule has 2 nitrogen and oxygen atoms in total. The second-order valence-corrected chi connectivity index (χ2v) is 6.70. The number of aromatic nitrogens is 1. The maximum absolute atomic E-state index is 2.40. The Labute approximate surface area is 139 Å². The van der Waals surface area contributed by atoms with Crippen LogP contribution >= 0.6 is 0 Å². The summed E-state index contributed by atoms with van der Waals surface area (Å²) in [6.07, 6.45) is 4.69. The molecule has 0 unspecified atom stereocenters. The fourth-order valence-corrected chi connectivity index (χ4v) is 3.25. The smallest absolute Gasteiger partial charge is 0.0486 e. The van der Waals surface area contributed by atoms with Crippen molar-refractivity contribution in [3.8, 4) is 0 Å². The molecule has 0 amide bonds. The highest BCUT2D eigenvalue weighted by atomic mass is 15.0. The predicted molar refractivity (Wildman–Crippen MR) is 99.1 cm³/mol. The molecule has 1 heterocycles. The van der Waals surface area contributed by atoms with Gasteiger partial charge in [-0.3, -0.25) is 0 Å². The zero-order chi connectivity index (χ0) is 16.2. The Balaban J connectivity index is 1.88. The van der Waals surface area contributed by atoms with Gasteiger partial charge in [0.15, 0.2) is 0 Å². The molecule has 2 heteroatoms. The first-order valence-corrected chi connectivity index (χ1v) is 8.40. The standard InChI is InChI=1S/C21H26N2/c1-17-8-6-9-18(14-17)15-23-16-19(10-7-13-22(2)3)20-11-4-5-12-21(20)23/h4-6,8-9,11-12,14,16H,7,10,13,15H2,1-3H3. The highest BCUT2D eigenvalue weighted by Crippen LogP contribution is 2.23. The van der Waals surface area contributed by atoms with Gasteiger partial charge in [0.25, 0.3) is 0 Å². The molecule has 120 valence electrons. The zero-order valence-electron chi connectivity index (χ0n) is 14.4. The van der Waals surface area contributed by atoms with Crippen LogP contribution < -0.4 is 0 Å². The molecule has 0 aliphatic carbocycles. The number of nitrogens with zero attached hydrogens (tertiary/aromatic N) is 2. The molecular weight excluding hydrogens is 280 g/mol. The third-order valence-electron chi connectivity index (χ3n) is 4.36. The summed E-state index contributed by atoms with van der Waals surface area (Å²) in [5.41, 5.74) is 5.50. The van der Waals surface area contributed by atoms with Crippen LogP contribution in [0.1, 0.15) is 23.1 Å². The quantitative estimate of drug-likeness (QED) is 0.651. The normalized spacial score (nSPS) is 11.5. The average Bonchev–Trinajstić information content (AvgIpc) is 2.85. The fourth-order valence-electron chi connectivity index (χ4n) is 3.25. The van der Waals surface area contributed by atoms with Crippen molar-refractivity contribution in [2.24, 2.45) is 0 Å². The molecule has 0 saturated heterocycles. The lowest BCUT2D eigenvalue weighted by Gasteiger charge is -2.08. The monoisotopic (exact) mass is 306 g/mol. The number of aryl methyl sites for hydroxylation is 2. The maximum Gasteiger partial charge on any atom is 0.0486 e. The van der Waals surface area contributed by atoms with Crippen molar-refractivity contribution >= 4 is 10.9 Å². The van der Waals surface area contributed by atoms with E-state index in [1.54, 1.807) is 0 Å². The molecule has 3 rings (SSSR count). The predicted octanol–water partition coefficient (Wildman–Crippen LogP) is 4.49. The summed E-state index contributed by atoms with van der Waals surface area (Å²) < 4.78 is 2.40. The van der Waals surface area contributed by atoms with E-state index in [-0.39, 0.29) is 0 Å². The van der Waals surface area contributed by atoms with Crippen molar-refractivity contribution in [2.45, 2.75) is 26.3 Å². The largest absolute Gasteiger partial charge is 0.343 e. The maximum atomic E-state index is 2.40. The molecule has 2 aromatic carbocycles. The van der Waals surface area contributed by atoms with Crippen molar-refractivity contribution in [3.63, 3.8) is 0 Å². The summed E-state index contributed by atoms with van der Waals surface area (Å²) in [7, 11) is 4.28. The van der Waals surface area contributed by atoms with Gasteiger partial charge in [-0.25, -0.2) is 0 Å². The van der Waals surface area contributed by atoms with Crippen LogP contribution in [0, 0.1) is 6.92 Å². The second-order valence-electron chi connectivity index (χ2n) is 6.70. The lowest BCUT2D eigenvalue weighted by molar-refractivity contribution is 0.400. The summed E-state index contributed by atoms with van der Waals surface area (Å²) in [5, 5.41) is 1.40. The van der Waals surface area contributed by atoms with E-state index in [0.29, 0.717) is 0 Å². The summed E-state index contributed by atoms with van der Waals surface area (Å²) in [4.78, 5) is 2.26. The molecule has 0 bridgehead atoms. The number of hydrogen-bond donors (Lipinski definition) is 0. The fraction of sp³-hybridized carbons (Fsp3) is 0.333. The Morgan fingerprint density at radius 1 is 1.00 bits per heavy atom. The van der Waals surface area contributed by atoms with Crippen molar-refractivity contribution in [2.75, 3.05) is 20.6 Å². The van der Waals surface area contributed by atoms with Crippen LogP contribution in [0.5, 0.6) is 0 Å². The van der Waals surface area contributed by atoms with Gasteiger partial charge in [-0.05, 0) is 57.6 Å². The van der Waals surface area contributed by atoms with Gasteiger partial charge < -0.3 is 9.47 Å². The molecule has 0 radical (unpaired) electrons. The Morgan fingerprint density at radius 2 is 1.83 bits per heavy atom. The third-order valence-corrected chi connectivity index (χ3v) is 4.36. The van der Waals surface area contributed by atoms with Crippen LogP contribution in [0.2, 0.25) is 0 Å². The topological polar surface area (TPSA) is 8.17 Å². The number of para-hydroxylation sites is 1. The number of rotatable bonds is 6. The van der Waals surface area contributed by atoms with Crippen LogP contribution in [-0.2, 0) is 13.0 Å². The van der Waals surface area contributed by atoms with E-state index in [4.69, 9.17) is 0 Å². The van der Waals surface area contributed by atoms with E-state index >= 15 is 0 Å². The molecule has 1 aromatic heterocycles. The van der Waals surface area contributed by atoms with Gasteiger partial charge in [0.1, 0.15) is 0 Å². The van der Waals surface area contributed by atoms with Crippen molar-refractivity contribution in [1.29, 1.82) is 0 Å². The van der Waals surface area contributed by atoms with Gasteiger partial charge in [-0.2, -0.15) is 0 Å². The molecule has 0 fully saturated rings. The minimum atomic E-state index is 0.940. The number of fused-ring (bicyclic) bond motifs is 1. The van der Waals surface area contributed by atoms with Crippen LogP contribution in [0.15, 0.2) is 54.7 Å². The first-order chi connectivity index (χ1) is 11.1. The van der Waals surface area contributed by atoms with Gasteiger partial charge in [0.2, 0.25) is 0 Å². The highest BCUT2D eigenvalue weighted by Gasteiger charge is 2.08. The minimum absolute atomic E-state index is 0.940. The molecule has 3 aromatic rings. The molecule has 0 saturated carbocycles. The molecule has 23 heavy (non-hydrogen) atoms. The summed E-state index contributed by atoms with van der Waals surface area (Å²) >= 11 is 0. The van der Waals surface area contributed by atoms with Crippen LogP contribution in [0.3, 0.4) is 0 Å². The van der Waals surface area contributed by atoms with Crippen molar-refractivity contribution in [1.82, 2.24) is 9.47 Å². The van der Waals surface area contributed by atoms with E-state index in [9.17, 15) is 0 Å². The molecular formula is C21H26N2. The SMILES string of the molecule is Cc1cccc(Cn2cc(CCCN(C)C)c3ccccc32)c1. The lowest BCUT2D eigenvalue weighted by Crippen LogP contribution is -2.13. The molecule has 0 aliphatic heterocycles. The van der Waals surface area contributed by atoms with Crippen LogP contribution in [0.25, 0.3) is 10.9 Å². The van der Waals surface area contributed by atoms with Gasteiger partial charge in [0.05, 0.1) is 0 Å². The summed E-state index contributed by atoms with van der Waals surface area (Å²) in [6, 6.07) is 17.6. The highest BCUT2D eigenvalue weighted by molar-refractivity contribution is 5.84. The van der Waals surface area contributed by atoms with Gasteiger partial charge in [0, 0.05) is 23.6 Å². The van der Waals surface area contributed by atoms with E-state index in [0.717, 1.165) is 19.5 Å². The Bertz CT molecular complexity index is 783. The Hall–Kier alpha value is -2.06. The Kier molecular flexibility index (Phi) is 4.82. The van der Waals surface area contributed by atoms with Crippen LogP contribution in [0.4, 0.5) is 0 Å². The van der Waals surface area contributed by atoms with Crippen molar-refractivity contribution < 1.29 is 0 Å². The van der Waals surface area contributed by atoms with Gasteiger partial charge >= 0.3 is 0 Å². The number of hydrogen-bond acceptors (Lipinski definition) is 1. The van der Waals surface area contributed by atoms with E-state index in [2.05, 4.69) is 85.2 Å². The average molecular weight is 306 g/mol. The molecule has 0 aliphatic rings. The Morgan fingerprint density at radius 3 is 2.61 bits per heavy atom. The molecule has 0 spiro atoms. The van der Waals surface area contributed by atoms with Crippen molar-refractivity contribution in [3.05, 3.63) is 71.4 Å². The number of benzene rings is 2. The minimum Gasteiger partial charge on any atom is -0.343 e. The van der Waals surface area contributed by atoms with Gasteiger partial charge in [-0.1, -0.05) is 48.0 Å². The van der Waals surface area contributed by atoms with Crippen LogP contribution in [-0.4, -0.2) is 30.1 Å². The second kappa shape index (κ2) is 7.01.